The van der Waals surface area contributed by atoms with Gasteiger partial charge in [-0.2, -0.15) is 11.8 Å². The summed E-state index contributed by atoms with van der Waals surface area (Å²) in [6.07, 6.45) is 2.82. The first-order chi connectivity index (χ1) is 3.75. The van der Waals surface area contributed by atoms with Gasteiger partial charge in [0.05, 0.1) is 5.92 Å². The third kappa shape index (κ3) is 0.968. The van der Waals surface area contributed by atoms with Gasteiger partial charge in [0.15, 0.2) is 0 Å². The second-order valence-electron chi connectivity index (χ2n) is 1.95. The van der Waals surface area contributed by atoms with Crippen LogP contribution in [-0.4, -0.2) is 22.6 Å². The van der Waals surface area contributed by atoms with Crippen LogP contribution in [0.15, 0.2) is 0 Å². The second-order valence-corrected chi connectivity index (χ2v) is 3.03. The summed E-state index contributed by atoms with van der Waals surface area (Å²) < 4.78 is 0. The molecule has 46 valence electrons. The molecule has 0 aromatic rings. The lowest BCUT2D eigenvalue weighted by Gasteiger charge is -1.85. The maximum absolute atomic E-state index is 10.1. The zero-order valence-corrected chi connectivity index (χ0v) is 5.44. The van der Waals surface area contributed by atoms with Crippen molar-refractivity contribution in [3.63, 3.8) is 0 Å². The van der Waals surface area contributed by atoms with E-state index in [1.807, 2.05) is 6.26 Å². The molecule has 0 aromatic carbocycles. The van der Waals surface area contributed by atoms with Gasteiger partial charge in [0, 0.05) is 5.25 Å². The fraction of sp³-hybridized carbons (Fsp3) is 0.800. The number of rotatable bonds is 2. The van der Waals surface area contributed by atoms with Crippen LogP contribution in [-0.2, 0) is 4.79 Å². The van der Waals surface area contributed by atoms with Crippen LogP contribution < -0.4 is 0 Å². The Bertz CT molecular complexity index is 113. The van der Waals surface area contributed by atoms with Gasteiger partial charge in [-0.1, -0.05) is 0 Å². The van der Waals surface area contributed by atoms with Crippen LogP contribution in [0.3, 0.4) is 0 Å². The van der Waals surface area contributed by atoms with Crippen LogP contribution in [0.4, 0.5) is 0 Å². The number of carboxylic acids is 1. The van der Waals surface area contributed by atoms with Gasteiger partial charge < -0.3 is 5.11 Å². The summed E-state index contributed by atoms with van der Waals surface area (Å²) in [6, 6.07) is 0. The smallest absolute Gasteiger partial charge is 0.307 e. The fourth-order valence-corrected chi connectivity index (χ4v) is 1.54. The first-order valence-electron chi connectivity index (χ1n) is 2.51. The van der Waals surface area contributed by atoms with Crippen molar-refractivity contribution in [2.45, 2.75) is 11.7 Å². The maximum Gasteiger partial charge on any atom is 0.307 e. The Labute approximate surface area is 52.3 Å². The SMILES string of the molecule is CS[C@H]1C[C@@H]1C(=O)O. The summed E-state index contributed by atoms with van der Waals surface area (Å²) in [5.41, 5.74) is 0. The molecule has 1 saturated carbocycles. The molecule has 0 aromatic heterocycles. The molecule has 0 amide bonds. The van der Waals surface area contributed by atoms with Gasteiger partial charge in [0.25, 0.3) is 0 Å². The van der Waals surface area contributed by atoms with Crippen molar-refractivity contribution in [3.05, 3.63) is 0 Å². The van der Waals surface area contributed by atoms with E-state index in [4.69, 9.17) is 5.11 Å². The number of carboxylic acid groups (broad SMARTS) is 1. The molecular weight excluding hydrogens is 124 g/mol. The summed E-state index contributed by atoms with van der Waals surface area (Å²) in [5.74, 6) is -0.672. The van der Waals surface area contributed by atoms with Crippen LogP contribution in [0, 0.1) is 5.92 Å². The van der Waals surface area contributed by atoms with E-state index in [2.05, 4.69) is 0 Å². The minimum atomic E-state index is -0.635. The number of aliphatic carboxylic acids is 1. The highest BCUT2D eigenvalue weighted by Crippen LogP contribution is 2.40. The van der Waals surface area contributed by atoms with Gasteiger partial charge in [0.2, 0.25) is 0 Å². The molecule has 0 spiro atoms. The third-order valence-corrected chi connectivity index (χ3v) is 2.48. The topological polar surface area (TPSA) is 37.3 Å². The molecule has 1 N–H and O–H groups in total. The molecule has 2 atom stereocenters. The zero-order valence-electron chi connectivity index (χ0n) is 4.63. The molecule has 3 heteroatoms. The maximum atomic E-state index is 10.1. The molecule has 1 aliphatic carbocycles. The Hall–Kier alpha value is -0.180. The Morgan fingerprint density at radius 1 is 1.88 bits per heavy atom. The molecule has 2 nitrogen and oxygen atoms in total. The van der Waals surface area contributed by atoms with E-state index in [1.165, 1.54) is 0 Å². The highest BCUT2D eigenvalue weighted by atomic mass is 32.2. The average molecular weight is 132 g/mol. The van der Waals surface area contributed by atoms with Gasteiger partial charge in [0.1, 0.15) is 0 Å². The fourth-order valence-electron chi connectivity index (χ4n) is 0.692. The van der Waals surface area contributed by atoms with Crippen LogP contribution in [0.1, 0.15) is 6.42 Å². The van der Waals surface area contributed by atoms with E-state index in [9.17, 15) is 4.79 Å². The largest absolute Gasteiger partial charge is 0.481 e. The second kappa shape index (κ2) is 1.97. The Morgan fingerprint density at radius 3 is 2.62 bits per heavy atom. The average Bonchev–Trinajstić information content (AvgIpc) is 2.42. The molecule has 8 heavy (non-hydrogen) atoms. The van der Waals surface area contributed by atoms with Crippen LogP contribution >= 0.6 is 11.8 Å². The molecule has 0 bridgehead atoms. The number of hydrogen-bond acceptors (Lipinski definition) is 2. The lowest BCUT2D eigenvalue weighted by atomic mass is 10.4. The molecule has 1 aliphatic rings. The molecule has 1 rings (SSSR count). The van der Waals surface area contributed by atoms with E-state index in [0.29, 0.717) is 5.25 Å². The van der Waals surface area contributed by atoms with E-state index in [0.717, 1.165) is 6.42 Å². The first kappa shape index (κ1) is 5.95. The lowest BCUT2D eigenvalue weighted by molar-refractivity contribution is -0.138. The molecule has 0 heterocycles. The van der Waals surface area contributed by atoms with Crippen molar-refractivity contribution in [2.75, 3.05) is 6.26 Å². The van der Waals surface area contributed by atoms with E-state index in [-0.39, 0.29) is 5.92 Å². The minimum absolute atomic E-state index is 0.0370. The predicted octanol–water partition coefficient (Wildman–Crippen LogP) is 0.823. The van der Waals surface area contributed by atoms with Gasteiger partial charge in [-0.15, -0.1) is 0 Å². The van der Waals surface area contributed by atoms with Gasteiger partial charge in [-0.25, -0.2) is 0 Å². The number of carbonyl (C=O) groups is 1. The van der Waals surface area contributed by atoms with E-state index < -0.39 is 5.97 Å². The molecular formula is C5H8O2S. The third-order valence-electron chi connectivity index (χ3n) is 1.35. The lowest BCUT2D eigenvalue weighted by Crippen LogP contribution is -1.99. The summed E-state index contributed by atoms with van der Waals surface area (Å²) in [4.78, 5) is 10.1. The monoisotopic (exact) mass is 132 g/mol. The summed E-state index contributed by atoms with van der Waals surface area (Å²) in [6.45, 7) is 0. The summed E-state index contributed by atoms with van der Waals surface area (Å²) in [5, 5.41) is 8.75. The van der Waals surface area contributed by atoms with Crippen molar-refractivity contribution in [1.82, 2.24) is 0 Å². The van der Waals surface area contributed by atoms with Crippen molar-refractivity contribution in [3.8, 4) is 0 Å². The van der Waals surface area contributed by atoms with Crippen molar-refractivity contribution in [1.29, 1.82) is 0 Å². The minimum Gasteiger partial charge on any atom is -0.481 e. The van der Waals surface area contributed by atoms with E-state index in [1.54, 1.807) is 11.8 Å². The van der Waals surface area contributed by atoms with Gasteiger partial charge in [-0.3, -0.25) is 4.79 Å². The highest BCUT2D eigenvalue weighted by molar-refractivity contribution is 7.99. The molecule has 0 unspecified atom stereocenters. The molecule has 0 radical (unpaired) electrons. The summed E-state index contributed by atoms with van der Waals surface area (Å²) in [7, 11) is 0. The van der Waals surface area contributed by atoms with Crippen molar-refractivity contribution in [2.24, 2.45) is 5.92 Å². The Morgan fingerprint density at radius 2 is 2.50 bits per heavy atom. The molecule has 0 saturated heterocycles. The standard InChI is InChI=1S/C5H8O2S/c1-8-4-2-3(4)5(6)7/h3-4H,2H2,1H3,(H,6,7)/t3-,4-/m0/s1. The molecule has 0 aliphatic heterocycles. The highest BCUT2D eigenvalue weighted by Gasteiger charge is 2.42. The van der Waals surface area contributed by atoms with Crippen LogP contribution in [0.2, 0.25) is 0 Å². The van der Waals surface area contributed by atoms with Crippen molar-refractivity contribution < 1.29 is 9.90 Å². The Kier molecular flexibility index (Phi) is 1.47. The first-order valence-corrected chi connectivity index (χ1v) is 3.80. The van der Waals surface area contributed by atoms with Gasteiger partial charge >= 0.3 is 5.97 Å². The van der Waals surface area contributed by atoms with Crippen molar-refractivity contribution >= 4 is 17.7 Å². The number of hydrogen-bond donors (Lipinski definition) is 1. The quantitative estimate of drug-likeness (QED) is 0.604. The normalized spacial score (nSPS) is 34.6. The van der Waals surface area contributed by atoms with Gasteiger partial charge in [-0.05, 0) is 12.7 Å². The van der Waals surface area contributed by atoms with Crippen LogP contribution in [0.5, 0.6) is 0 Å². The summed E-state index contributed by atoms with van der Waals surface area (Å²) >= 11 is 1.65. The Balaban J connectivity index is 2.26. The van der Waals surface area contributed by atoms with Crippen LogP contribution in [0.25, 0.3) is 0 Å². The predicted molar refractivity (Wildman–Crippen MR) is 33.0 cm³/mol. The zero-order chi connectivity index (χ0) is 6.15. The van der Waals surface area contributed by atoms with E-state index >= 15 is 0 Å². The molecule has 1 fully saturated rings. The number of thioether (sulfide) groups is 1.